The number of pyridine rings is 3. The predicted octanol–water partition coefficient (Wildman–Crippen LogP) is 14.2. The molecule has 3 fully saturated rings. The molecule has 0 atom stereocenters. The molecule has 5 N–H and O–H groups in total. The van der Waals surface area contributed by atoms with E-state index in [1.807, 2.05) is 51.1 Å². The number of ether oxygens (including phenoxy) is 4. The monoisotopic (exact) mass is 1380 g/mol. The summed E-state index contributed by atoms with van der Waals surface area (Å²) in [6.07, 6.45) is 19.2. The highest BCUT2D eigenvalue weighted by atomic mass is 35.5. The quantitative estimate of drug-likeness (QED) is 0.0484. The molecule has 6 aromatic rings. The van der Waals surface area contributed by atoms with Crippen molar-refractivity contribution in [3.05, 3.63) is 196 Å². The first-order valence-electron chi connectivity index (χ1n) is 31.9. The number of carbonyl (C=O) groups excluding carboxylic acids is 3. The molecule has 9 aliphatic rings. The van der Waals surface area contributed by atoms with E-state index in [1.54, 1.807) is 19.3 Å². The maximum atomic E-state index is 13.1. The van der Waals surface area contributed by atoms with E-state index in [2.05, 4.69) is 86.1 Å². The van der Waals surface area contributed by atoms with E-state index in [1.165, 1.54) is 43.9 Å². The third kappa shape index (κ3) is 15.5. The van der Waals surface area contributed by atoms with Gasteiger partial charge in [0.2, 0.25) is 17.3 Å². The first kappa shape index (κ1) is 69.0. The molecular weight excluding hydrogens is 1310 g/mol. The van der Waals surface area contributed by atoms with Crippen LogP contribution in [0.15, 0.2) is 112 Å². The number of phenolic OH excluding ortho intramolecular Hbond substituents is 3. The minimum Gasteiger partial charge on any atom is -0.506 e. The van der Waals surface area contributed by atoms with E-state index >= 15 is 0 Å². The van der Waals surface area contributed by atoms with Crippen LogP contribution < -0.4 is 19.5 Å². The van der Waals surface area contributed by atoms with Gasteiger partial charge in [0.15, 0.2) is 18.1 Å². The van der Waals surface area contributed by atoms with E-state index in [0.717, 1.165) is 152 Å². The van der Waals surface area contributed by atoms with Gasteiger partial charge in [-0.2, -0.15) is 5.53 Å². The van der Waals surface area contributed by atoms with Gasteiger partial charge >= 0.3 is 0 Å². The lowest BCUT2D eigenvalue weighted by atomic mass is 10.0. The lowest BCUT2D eigenvalue weighted by molar-refractivity contribution is 0.0959. The Balaban J connectivity index is 0.000000133. The summed E-state index contributed by atoms with van der Waals surface area (Å²) in [4.78, 5) is 58.1. The van der Waals surface area contributed by atoms with Gasteiger partial charge in [0.25, 0.3) is 0 Å². The number of phenols is 3. The highest BCUT2D eigenvalue weighted by Gasteiger charge is 2.37. The Morgan fingerprint density at radius 2 is 0.969 bits per heavy atom. The number of Topliss-reactive ketones (excluding diaryl/α,β-unsaturated/α-hetero) is 3. The summed E-state index contributed by atoms with van der Waals surface area (Å²) in [5.41, 5.74) is 20.2. The number of hydrogen-bond donors (Lipinski definition) is 5. The molecule has 0 amide bonds. The molecule has 0 saturated carbocycles. The van der Waals surface area contributed by atoms with Gasteiger partial charge in [0.05, 0.1) is 84.4 Å². The second-order valence-electron chi connectivity index (χ2n) is 24.3. The van der Waals surface area contributed by atoms with E-state index in [-0.39, 0.29) is 67.8 Å². The molecule has 3 saturated heterocycles. The van der Waals surface area contributed by atoms with Crippen molar-refractivity contribution in [2.45, 2.75) is 98.2 Å². The summed E-state index contributed by atoms with van der Waals surface area (Å²) in [6.45, 7) is 15.0. The number of rotatable bonds is 10. The van der Waals surface area contributed by atoms with E-state index in [4.69, 9.17) is 59.3 Å². The van der Waals surface area contributed by atoms with Crippen molar-refractivity contribution >= 4 is 80.8 Å². The Hall–Kier alpha value is -8.38. The number of halogens is 4. The number of nitrogens with zero attached hydrogens (tertiary/aromatic N) is 9. The number of benzene rings is 3. The average molecular weight is 1380 g/mol. The number of ketones is 3. The number of fused-ring (bicyclic) bond motifs is 6. The third-order valence-electron chi connectivity index (χ3n) is 17.8. The average Bonchev–Trinajstić information content (AvgIpc) is 1.55. The largest absolute Gasteiger partial charge is 0.506 e. The number of carbonyl (C=O) groups is 3. The Bertz CT molecular complexity index is 4070. The number of piperazine rings is 1. The molecular formula is C71H73Cl4N11O10. The number of aromatic hydroxyl groups is 3. The molecule has 96 heavy (non-hydrogen) atoms. The van der Waals surface area contributed by atoms with Crippen LogP contribution in [0, 0.1) is 26.3 Å². The minimum atomic E-state index is -0.220. The number of methoxy groups -OCH3 is 1. The Labute approximate surface area is 576 Å². The van der Waals surface area contributed by atoms with Crippen LogP contribution >= 0.6 is 46.6 Å². The Morgan fingerprint density at radius 3 is 1.40 bits per heavy atom. The molecule has 3 aliphatic carbocycles. The minimum absolute atomic E-state index is 0.000132. The summed E-state index contributed by atoms with van der Waals surface area (Å²) in [5, 5.41) is 40.3. The van der Waals surface area contributed by atoms with Gasteiger partial charge in [-0.25, -0.2) is 0 Å². The molecule has 6 aliphatic heterocycles. The number of aryl methyl sites for hydroxylation is 3. The summed E-state index contributed by atoms with van der Waals surface area (Å²) < 4.78 is 25.3. The zero-order valence-electron chi connectivity index (χ0n) is 53.7. The number of hydrogen-bond acceptors (Lipinski definition) is 19. The molecule has 15 rings (SSSR count). The van der Waals surface area contributed by atoms with Crippen molar-refractivity contribution in [1.29, 1.82) is 5.53 Å². The molecule has 0 bridgehead atoms. The second-order valence-corrected chi connectivity index (χ2v) is 25.7. The van der Waals surface area contributed by atoms with Gasteiger partial charge in [-0.05, 0) is 155 Å². The van der Waals surface area contributed by atoms with E-state index in [9.17, 15) is 29.7 Å². The normalized spacial score (nSPS) is 18.3. The summed E-state index contributed by atoms with van der Waals surface area (Å²) in [7, 11) is 1.70. The van der Waals surface area contributed by atoms with Crippen LogP contribution in [0.5, 0.6) is 34.5 Å². The Morgan fingerprint density at radius 1 is 0.562 bits per heavy atom. The number of nitrogens with one attached hydrogen (secondary N) is 2. The van der Waals surface area contributed by atoms with Gasteiger partial charge in [-0.3, -0.25) is 44.0 Å². The lowest BCUT2D eigenvalue weighted by Gasteiger charge is -2.28. The van der Waals surface area contributed by atoms with Crippen LogP contribution in [0.2, 0.25) is 15.1 Å². The zero-order chi connectivity index (χ0) is 67.7. The standard InChI is InChI=1S/C24H23ClN2O3.C23H22ClN3O3.C14H16ClNO3.C10H11NO.ClHN4/c1-14-5-7-16-15(6-8-20(16)26-14)11-21-23(29)17-12-19(25)22(28)18(24(17)30-21)13-27-9-3-2-4-10-27;1-13-2-4-15-14(3-5-19(15)26-13)10-20-22(29)16-11-18(24)21(28)17(23(16)30-20)12-27-8-6-25-7-9-27;15-11-6-9-12(17)8-19-14(9)10(13(11)18)7-16-4-2-1-3-5-16;1-7-3-4-8-9(11-7)5-6-10(8)12-2;1-3-5-4-2/h5-7,11-12,28H,2-4,8-10,13H2,1H3;2-4,10-11,25,28H,5-9,12H2,1H3;6,18H,1-5,7-8H2;3-4,6H,5H2,1-2H3;2H/b21-11-;20-10-;;;. The fraction of sp³-hybridized carbons (Fsp3) is 0.352. The smallest absolute Gasteiger partial charge is 0.232 e. The molecule has 25 heteroatoms. The van der Waals surface area contributed by atoms with Crippen molar-refractivity contribution in [2.24, 2.45) is 15.1 Å². The SMILES string of the molecule is COC1=CCc2nc(C)ccc21.Cc1ccc2c(n1)CC=C2/C=C1\Oc2c(cc(Cl)c(O)c2CN2CCCCC2)C1=O.Cc1ccc2c(n1)CC=C2/C=C1\Oc2c(cc(Cl)c(O)c2CN2CCNCC2)C1=O.N=NN=NCl.O=C1COc2c1cc(Cl)c(O)c2CN1CCCCC1. The highest BCUT2D eigenvalue weighted by Crippen LogP contribution is 2.47. The predicted molar refractivity (Wildman–Crippen MR) is 366 cm³/mol. The fourth-order valence-corrected chi connectivity index (χ4v) is 13.6. The molecule has 9 heterocycles. The molecule has 500 valence electrons. The van der Waals surface area contributed by atoms with Crippen molar-refractivity contribution < 1.29 is 48.7 Å². The third-order valence-corrected chi connectivity index (χ3v) is 18.7. The summed E-state index contributed by atoms with van der Waals surface area (Å²) in [5.74, 6) is 2.33. The first-order chi connectivity index (χ1) is 46.4. The number of piperidine rings is 2. The van der Waals surface area contributed by atoms with Gasteiger partial charge in [-0.15, -0.1) is 0 Å². The Kier molecular flexibility index (Phi) is 22.4. The van der Waals surface area contributed by atoms with Gasteiger partial charge in [0.1, 0.15) is 40.3 Å². The van der Waals surface area contributed by atoms with Crippen LogP contribution in [0.1, 0.15) is 137 Å². The van der Waals surface area contributed by atoms with E-state index in [0.29, 0.717) is 70.3 Å². The van der Waals surface area contributed by atoms with Gasteiger partial charge in [-0.1, -0.05) is 76.6 Å². The number of allylic oxidation sites excluding steroid dienone is 9. The maximum Gasteiger partial charge on any atom is 0.232 e. The van der Waals surface area contributed by atoms with Gasteiger partial charge < -0.3 is 39.6 Å². The molecule has 21 nitrogen and oxygen atoms in total. The van der Waals surface area contributed by atoms with Crippen molar-refractivity contribution in [3.8, 4) is 34.5 Å². The number of aromatic nitrogens is 3. The summed E-state index contributed by atoms with van der Waals surface area (Å²) in [6, 6.07) is 16.6. The van der Waals surface area contributed by atoms with Crippen molar-refractivity contribution in [3.63, 3.8) is 0 Å². The number of likely N-dealkylation sites (tertiary alicyclic amines) is 2. The first-order valence-corrected chi connectivity index (χ1v) is 33.4. The second kappa shape index (κ2) is 31.2. The molecule has 0 radical (unpaired) electrons. The zero-order valence-corrected chi connectivity index (χ0v) is 56.7. The molecule has 0 spiro atoms. The van der Waals surface area contributed by atoms with Crippen LogP contribution in [-0.4, -0.2) is 128 Å². The summed E-state index contributed by atoms with van der Waals surface area (Å²) >= 11 is 23.1. The highest BCUT2D eigenvalue weighted by molar-refractivity contribution is 6.34. The van der Waals surface area contributed by atoms with Crippen molar-refractivity contribution in [2.75, 3.05) is 66.1 Å². The molecule has 0 unspecified atom stereocenters. The molecule has 3 aromatic heterocycles. The van der Waals surface area contributed by atoms with Gasteiger partial charge in [0, 0.05) is 98.8 Å². The van der Waals surface area contributed by atoms with Crippen molar-refractivity contribution in [1.82, 2.24) is 35.0 Å². The van der Waals surface area contributed by atoms with Crippen LogP contribution in [-0.2, 0) is 43.6 Å². The van der Waals surface area contributed by atoms with Crippen LogP contribution in [0.4, 0.5) is 0 Å². The fourth-order valence-electron chi connectivity index (χ4n) is 12.9. The van der Waals surface area contributed by atoms with Crippen LogP contribution in [0.25, 0.3) is 16.9 Å². The molecule has 3 aromatic carbocycles. The topological polar surface area (TPSA) is 270 Å². The maximum absolute atomic E-state index is 13.1. The van der Waals surface area contributed by atoms with Crippen LogP contribution in [0.3, 0.4) is 0 Å². The lowest BCUT2D eigenvalue weighted by Crippen LogP contribution is -2.42. The van der Waals surface area contributed by atoms with E-state index < -0.39 is 0 Å².